The van der Waals surface area contributed by atoms with E-state index < -0.39 is 0 Å². The lowest BCUT2D eigenvalue weighted by atomic mass is 10.00. The first-order chi connectivity index (χ1) is 6.19. The van der Waals surface area contributed by atoms with Crippen molar-refractivity contribution in [3.63, 3.8) is 0 Å². The average molecular weight is 176 g/mol. The first-order valence-electron chi connectivity index (χ1n) is 4.17. The molecule has 0 aliphatic heterocycles. The van der Waals surface area contributed by atoms with Crippen LogP contribution in [0.4, 0.5) is 0 Å². The number of phenols is 1. The smallest absolute Gasteiger partial charge is 0.116 e. The molecule has 68 valence electrons. The van der Waals surface area contributed by atoms with Gasteiger partial charge in [0.1, 0.15) is 5.75 Å². The van der Waals surface area contributed by atoms with E-state index in [-0.39, 0.29) is 11.8 Å². The van der Waals surface area contributed by atoms with Crippen LogP contribution in [0.1, 0.15) is 30.5 Å². The van der Waals surface area contributed by atoms with E-state index in [0.717, 1.165) is 6.42 Å². The van der Waals surface area contributed by atoms with E-state index in [0.29, 0.717) is 11.1 Å². The summed E-state index contributed by atoms with van der Waals surface area (Å²) in [6.45, 7) is 1.94. The zero-order valence-electron chi connectivity index (χ0n) is 7.49. The second-order valence-corrected chi connectivity index (χ2v) is 2.90. The minimum Gasteiger partial charge on any atom is -0.508 e. The molecule has 1 aromatic carbocycles. The van der Waals surface area contributed by atoms with Crippen LogP contribution in [-0.2, 0) is 0 Å². The molecule has 3 N–H and O–H groups in total. The summed E-state index contributed by atoms with van der Waals surface area (Å²) in [4.78, 5) is 0. The van der Waals surface area contributed by atoms with Crippen molar-refractivity contribution in [1.82, 2.24) is 0 Å². The molecule has 0 aliphatic rings. The Bertz CT molecular complexity index is 341. The lowest BCUT2D eigenvalue weighted by Gasteiger charge is -2.10. The molecule has 0 bridgehead atoms. The molecule has 3 nitrogen and oxygen atoms in total. The molecule has 3 heteroatoms. The van der Waals surface area contributed by atoms with Crippen molar-refractivity contribution in [2.75, 3.05) is 0 Å². The average Bonchev–Trinajstić information content (AvgIpc) is 2.16. The SMILES string of the molecule is CC[C@@H](N)c1cc(O)ccc1C#N. The van der Waals surface area contributed by atoms with Crippen LogP contribution >= 0.6 is 0 Å². The van der Waals surface area contributed by atoms with Gasteiger partial charge >= 0.3 is 0 Å². The van der Waals surface area contributed by atoms with Crippen molar-refractivity contribution in [1.29, 1.82) is 5.26 Å². The molecule has 0 saturated heterocycles. The molecule has 1 aromatic rings. The van der Waals surface area contributed by atoms with Gasteiger partial charge in [0.2, 0.25) is 0 Å². The van der Waals surface area contributed by atoms with E-state index in [2.05, 4.69) is 0 Å². The third-order valence-electron chi connectivity index (χ3n) is 1.99. The van der Waals surface area contributed by atoms with Crippen LogP contribution < -0.4 is 5.73 Å². The molecule has 0 aliphatic carbocycles. The maximum Gasteiger partial charge on any atom is 0.116 e. The summed E-state index contributed by atoms with van der Waals surface area (Å²) in [6, 6.07) is 6.49. The summed E-state index contributed by atoms with van der Waals surface area (Å²) in [5.74, 6) is 0.151. The zero-order chi connectivity index (χ0) is 9.84. The number of hydrogen-bond acceptors (Lipinski definition) is 3. The molecule has 0 fully saturated rings. The number of aromatic hydroxyl groups is 1. The van der Waals surface area contributed by atoms with Gasteiger partial charge in [0.05, 0.1) is 11.6 Å². The van der Waals surface area contributed by atoms with Gasteiger partial charge in [0.25, 0.3) is 0 Å². The van der Waals surface area contributed by atoms with Crippen molar-refractivity contribution in [3.05, 3.63) is 29.3 Å². The van der Waals surface area contributed by atoms with Gasteiger partial charge in [-0.1, -0.05) is 6.92 Å². The fraction of sp³-hybridized carbons (Fsp3) is 0.300. The van der Waals surface area contributed by atoms with Crippen LogP contribution in [0.25, 0.3) is 0 Å². The number of rotatable bonds is 2. The lowest BCUT2D eigenvalue weighted by molar-refractivity contribution is 0.473. The summed E-state index contributed by atoms with van der Waals surface area (Å²) in [5, 5.41) is 18.0. The molecule has 0 unspecified atom stereocenters. The van der Waals surface area contributed by atoms with E-state index >= 15 is 0 Å². The molecule has 0 amide bonds. The van der Waals surface area contributed by atoms with Gasteiger partial charge in [0.15, 0.2) is 0 Å². The van der Waals surface area contributed by atoms with Crippen LogP contribution in [0.15, 0.2) is 18.2 Å². The maximum atomic E-state index is 9.21. The van der Waals surface area contributed by atoms with Crippen molar-refractivity contribution in [2.24, 2.45) is 5.73 Å². The molecule has 0 saturated carbocycles. The predicted molar refractivity (Wildman–Crippen MR) is 50.0 cm³/mol. The molecule has 0 heterocycles. The number of phenolic OH excluding ortho intramolecular Hbond substituents is 1. The van der Waals surface area contributed by atoms with Gasteiger partial charge in [-0.3, -0.25) is 0 Å². The second-order valence-electron chi connectivity index (χ2n) is 2.90. The van der Waals surface area contributed by atoms with Crippen molar-refractivity contribution >= 4 is 0 Å². The van der Waals surface area contributed by atoms with Crippen LogP contribution in [0, 0.1) is 11.3 Å². The van der Waals surface area contributed by atoms with Gasteiger partial charge in [-0.05, 0) is 30.2 Å². The van der Waals surface area contributed by atoms with Crippen LogP contribution in [-0.4, -0.2) is 5.11 Å². The number of hydrogen-bond donors (Lipinski definition) is 2. The Balaban J connectivity index is 3.17. The van der Waals surface area contributed by atoms with Crippen LogP contribution in [0.2, 0.25) is 0 Å². The number of nitriles is 1. The summed E-state index contributed by atoms with van der Waals surface area (Å²) < 4.78 is 0. The van der Waals surface area contributed by atoms with E-state index in [9.17, 15) is 5.11 Å². The number of nitrogens with zero attached hydrogens (tertiary/aromatic N) is 1. The highest BCUT2D eigenvalue weighted by atomic mass is 16.3. The fourth-order valence-corrected chi connectivity index (χ4v) is 1.18. The minimum absolute atomic E-state index is 0.151. The summed E-state index contributed by atoms with van der Waals surface area (Å²) in [5.41, 5.74) is 7.02. The van der Waals surface area contributed by atoms with Crippen LogP contribution in [0.3, 0.4) is 0 Å². The minimum atomic E-state index is -0.179. The topological polar surface area (TPSA) is 70.0 Å². The summed E-state index contributed by atoms with van der Waals surface area (Å²) in [7, 11) is 0. The standard InChI is InChI=1S/C10H12N2O/c1-2-10(12)9-5-8(13)4-3-7(9)6-11/h3-5,10,13H,2,12H2,1H3/t10-/m1/s1. The number of benzene rings is 1. The molecular weight excluding hydrogens is 164 g/mol. The summed E-state index contributed by atoms with van der Waals surface area (Å²) in [6.07, 6.45) is 0.748. The van der Waals surface area contributed by atoms with Crippen molar-refractivity contribution < 1.29 is 5.11 Å². The quantitative estimate of drug-likeness (QED) is 0.720. The van der Waals surface area contributed by atoms with Gasteiger partial charge in [-0.2, -0.15) is 5.26 Å². The second kappa shape index (κ2) is 3.92. The summed E-state index contributed by atoms with van der Waals surface area (Å²) >= 11 is 0. The highest BCUT2D eigenvalue weighted by Crippen LogP contribution is 2.22. The Morgan fingerprint density at radius 3 is 2.85 bits per heavy atom. The monoisotopic (exact) mass is 176 g/mol. The van der Waals surface area contributed by atoms with E-state index in [1.807, 2.05) is 13.0 Å². The number of nitrogens with two attached hydrogens (primary N) is 1. The van der Waals surface area contributed by atoms with E-state index in [1.165, 1.54) is 6.07 Å². The lowest BCUT2D eigenvalue weighted by Crippen LogP contribution is -2.10. The Hall–Kier alpha value is -1.53. The molecule has 0 radical (unpaired) electrons. The fourth-order valence-electron chi connectivity index (χ4n) is 1.18. The normalized spacial score (nSPS) is 12.1. The first kappa shape index (κ1) is 9.56. The zero-order valence-corrected chi connectivity index (χ0v) is 7.49. The van der Waals surface area contributed by atoms with Gasteiger partial charge in [-0.25, -0.2) is 0 Å². The molecule has 0 spiro atoms. The molecular formula is C10H12N2O. The van der Waals surface area contributed by atoms with Gasteiger partial charge < -0.3 is 10.8 Å². The highest BCUT2D eigenvalue weighted by Gasteiger charge is 2.09. The Labute approximate surface area is 77.4 Å². The third kappa shape index (κ3) is 1.98. The maximum absolute atomic E-state index is 9.21. The Morgan fingerprint density at radius 1 is 1.62 bits per heavy atom. The Kier molecular flexibility index (Phi) is 2.88. The highest BCUT2D eigenvalue weighted by molar-refractivity contribution is 5.43. The van der Waals surface area contributed by atoms with Crippen molar-refractivity contribution in [3.8, 4) is 11.8 Å². The first-order valence-corrected chi connectivity index (χ1v) is 4.17. The Morgan fingerprint density at radius 2 is 2.31 bits per heavy atom. The predicted octanol–water partition coefficient (Wildman–Crippen LogP) is 1.67. The molecule has 13 heavy (non-hydrogen) atoms. The molecule has 0 aromatic heterocycles. The van der Waals surface area contributed by atoms with Crippen molar-refractivity contribution in [2.45, 2.75) is 19.4 Å². The largest absolute Gasteiger partial charge is 0.508 e. The van der Waals surface area contributed by atoms with E-state index in [1.54, 1.807) is 12.1 Å². The van der Waals surface area contributed by atoms with Crippen LogP contribution in [0.5, 0.6) is 5.75 Å². The third-order valence-corrected chi connectivity index (χ3v) is 1.99. The van der Waals surface area contributed by atoms with Gasteiger partial charge in [-0.15, -0.1) is 0 Å². The molecule has 1 atom stereocenters. The molecule has 1 rings (SSSR count). The van der Waals surface area contributed by atoms with E-state index in [4.69, 9.17) is 11.0 Å². The van der Waals surface area contributed by atoms with Gasteiger partial charge in [0, 0.05) is 6.04 Å².